The Morgan fingerprint density at radius 3 is 2.93 bits per heavy atom. The molecule has 1 atom stereocenters. The van der Waals surface area contributed by atoms with Crippen LogP contribution in [0.1, 0.15) is 17.4 Å². The molecule has 1 amide bonds. The molecule has 1 unspecified atom stereocenters. The van der Waals surface area contributed by atoms with E-state index in [0.717, 1.165) is 6.20 Å². The van der Waals surface area contributed by atoms with Gasteiger partial charge in [0.2, 0.25) is 11.8 Å². The molecule has 7 heteroatoms. The molecule has 0 bridgehead atoms. The van der Waals surface area contributed by atoms with E-state index in [9.17, 15) is 13.6 Å². The molecule has 0 spiro atoms. The topological polar surface area (TPSA) is 78.1 Å². The first-order valence-corrected chi connectivity index (χ1v) is 4.10. The van der Waals surface area contributed by atoms with Crippen molar-refractivity contribution < 1.29 is 18.3 Å². The van der Waals surface area contributed by atoms with Gasteiger partial charge in [-0.2, -0.15) is 4.39 Å². The van der Waals surface area contributed by atoms with Gasteiger partial charge in [-0.15, -0.1) is 0 Å². The number of carbonyl (C=O) groups excluding carboxylic acids is 1. The Morgan fingerprint density at radius 2 is 2.40 bits per heavy atom. The molecule has 2 N–H and O–H groups in total. The highest BCUT2D eigenvalue weighted by atomic mass is 19.1. The zero-order chi connectivity index (χ0) is 11.4. The van der Waals surface area contributed by atoms with Crippen LogP contribution in [0.4, 0.5) is 8.78 Å². The smallest absolute Gasteiger partial charge is 0.273 e. The first-order chi connectivity index (χ1) is 7.00. The van der Waals surface area contributed by atoms with Crippen molar-refractivity contribution in [1.82, 2.24) is 9.97 Å². The third kappa shape index (κ3) is 3.12. The second-order valence-electron chi connectivity index (χ2n) is 2.80. The van der Waals surface area contributed by atoms with Crippen molar-refractivity contribution in [3.63, 3.8) is 0 Å². The van der Waals surface area contributed by atoms with Gasteiger partial charge in [0.1, 0.15) is 12.8 Å². The Kier molecular flexibility index (Phi) is 3.48. The van der Waals surface area contributed by atoms with Crippen molar-refractivity contribution in [3.8, 4) is 5.88 Å². The molecular formula is C8H9F2N3O2. The molecule has 0 saturated carbocycles. The van der Waals surface area contributed by atoms with Crippen LogP contribution in [0.2, 0.25) is 0 Å². The van der Waals surface area contributed by atoms with E-state index in [1.54, 1.807) is 0 Å². The summed E-state index contributed by atoms with van der Waals surface area (Å²) in [6, 6.07) is 0. The Labute approximate surface area is 84.3 Å². The highest BCUT2D eigenvalue weighted by Gasteiger charge is 2.15. The summed E-state index contributed by atoms with van der Waals surface area (Å²) in [6.45, 7) is 0.960. The van der Waals surface area contributed by atoms with Gasteiger partial charge in [-0.1, -0.05) is 0 Å². The van der Waals surface area contributed by atoms with Gasteiger partial charge in [0.15, 0.2) is 5.69 Å². The number of ether oxygens (including phenoxy) is 1. The van der Waals surface area contributed by atoms with E-state index in [2.05, 4.69) is 9.97 Å². The summed E-state index contributed by atoms with van der Waals surface area (Å²) in [5.74, 6) is -2.21. The Balaban J connectivity index is 2.91. The number of aromatic nitrogens is 2. The maximum Gasteiger partial charge on any atom is 0.273 e. The lowest BCUT2D eigenvalue weighted by molar-refractivity contribution is 0.0986. The number of carbonyl (C=O) groups is 1. The molecule has 1 rings (SSSR count). The number of nitrogens with two attached hydrogens (primary N) is 1. The summed E-state index contributed by atoms with van der Waals surface area (Å²) in [5.41, 5.74) is 4.46. The number of halogens is 2. The third-order valence-corrected chi connectivity index (χ3v) is 1.39. The van der Waals surface area contributed by atoms with Crippen LogP contribution in [0, 0.1) is 5.95 Å². The van der Waals surface area contributed by atoms with Crippen LogP contribution in [0.3, 0.4) is 0 Å². The van der Waals surface area contributed by atoms with Crippen LogP contribution < -0.4 is 10.5 Å². The van der Waals surface area contributed by atoms with Crippen LogP contribution >= 0.6 is 0 Å². The Morgan fingerprint density at radius 1 is 1.73 bits per heavy atom. The minimum atomic E-state index is -1.24. The molecule has 1 aromatic rings. The summed E-state index contributed by atoms with van der Waals surface area (Å²) in [5, 5.41) is 0. The predicted octanol–water partition coefficient (Wildman–Crippen LogP) is 0.451. The second kappa shape index (κ2) is 4.63. The maximum atomic E-state index is 12.6. The number of hydrogen-bond acceptors (Lipinski definition) is 4. The van der Waals surface area contributed by atoms with E-state index < -0.39 is 23.7 Å². The van der Waals surface area contributed by atoms with Gasteiger partial charge < -0.3 is 10.5 Å². The van der Waals surface area contributed by atoms with Crippen LogP contribution in [0.15, 0.2) is 6.20 Å². The minimum absolute atomic E-state index is 0.270. The highest BCUT2D eigenvalue weighted by Crippen LogP contribution is 2.12. The van der Waals surface area contributed by atoms with Crippen LogP contribution in [0.25, 0.3) is 0 Å². The van der Waals surface area contributed by atoms with Crippen molar-refractivity contribution in [2.75, 3.05) is 6.61 Å². The zero-order valence-electron chi connectivity index (χ0n) is 7.91. The minimum Gasteiger partial charge on any atom is -0.473 e. The lowest BCUT2D eigenvalue weighted by Gasteiger charge is -2.07. The number of rotatable bonds is 4. The Hall–Kier alpha value is -1.79. The Bertz CT molecular complexity index is 371. The molecule has 0 aliphatic heterocycles. The molecule has 0 aromatic carbocycles. The van der Waals surface area contributed by atoms with Gasteiger partial charge in [0.05, 0.1) is 6.20 Å². The average molecular weight is 217 g/mol. The normalized spacial score (nSPS) is 12.2. The van der Waals surface area contributed by atoms with Gasteiger partial charge in [0, 0.05) is 0 Å². The molecule has 0 aliphatic rings. The van der Waals surface area contributed by atoms with Crippen molar-refractivity contribution in [3.05, 3.63) is 17.8 Å². The standard InChI is InChI=1S/C8H9F2N3O2/c1-4(9)3-15-8-6(7(11)14)13-5(10)2-12-8/h2,4H,3H2,1H3,(H2,11,14). The summed E-state index contributed by atoms with van der Waals surface area (Å²) in [4.78, 5) is 17.4. The van der Waals surface area contributed by atoms with Gasteiger partial charge in [-0.05, 0) is 6.92 Å². The largest absolute Gasteiger partial charge is 0.473 e. The molecule has 0 saturated heterocycles. The SMILES string of the molecule is CC(F)COc1ncc(F)nc1C(N)=O. The summed E-state index contributed by atoms with van der Waals surface area (Å²) >= 11 is 0. The average Bonchev–Trinajstić information content (AvgIpc) is 2.15. The number of hydrogen-bond donors (Lipinski definition) is 1. The maximum absolute atomic E-state index is 12.6. The fourth-order valence-corrected chi connectivity index (χ4v) is 0.816. The fraction of sp³-hybridized carbons (Fsp3) is 0.375. The quantitative estimate of drug-likeness (QED) is 0.794. The van der Waals surface area contributed by atoms with Crippen molar-refractivity contribution >= 4 is 5.91 Å². The summed E-state index contributed by atoms with van der Waals surface area (Å²) in [6.07, 6.45) is -0.484. The molecule has 5 nitrogen and oxygen atoms in total. The molecule has 0 radical (unpaired) electrons. The van der Waals surface area contributed by atoms with Gasteiger partial charge in [0.25, 0.3) is 5.91 Å². The number of primary amides is 1. The molecule has 0 fully saturated rings. The fourth-order valence-electron chi connectivity index (χ4n) is 0.816. The second-order valence-corrected chi connectivity index (χ2v) is 2.80. The van der Waals surface area contributed by atoms with E-state index in [1.807, 2.05) is 0 Å². The molecule has 15 heavy (non-hydrogen) atoms. The molecule has 82 valence electrons. The predicted molar refractivity (Wildman–Crippen MR) is 46.6 cm³/mol. The van der Waals surface area contributed by atoms with E-state index >= 15 is 0 Å². The monoisotopic (exact) mass is 217 g/mol. The first kappa shape index (κ1) is 11.3. The molecule has 1 heterocycles. The van der Waals surface area contributed by atoms with Crippen molar-refractivity contribution in [2.24, 2.45) is 5.73 Å². The lowest BCUT2D eigenvalue weighted by Crippen LogP contribution is -2.19. The van der Waals surface area contributed by atoms with E-state index in [0.29, 0.717) is 0 Å². The highest BCUT2D eigenvalue weighted by molar-refractivity contribution is 5.92. The molecule has 1 aromatic heterocycles. The number of alkyl halides is 1. The van der Waals surface area contributed by atoms with Crippen LogP contribution in [0.5, 0.6) is 5.88 Å². The van der Waals surface area contributed by atoms with Crippen LogP contribution in [-0.2, 0) is 0 Å². The van der Waals surface area contributed by atoms with Gasteiger partial charge in [-0.3, -0.25) is 4.79 Å². The van der Waals surface area contributed by atoms with Gasteiger partial charge >= 0.3 is 0 Å². The zero-order valence-corrected chi connectivity index (χ0v) is 7.91. The van der Waals surface area contributed by atoms with E-state index in [4.69, 9.17) is 10.5 Å². The van der Waals surface area contributed by atoms with Crippen LogP contribution in [-0.4, -0.2) is 28.7 Å². The van der Waals surface area contributed by atoms with E-state index in [1.165, 1.54) is 6.92 Å². The molecule has 0 aliphatic carbocycles. The summed E-state index contributed by atoms with van der Waals surface area (Å²) < 4.78 is 29.8. The number of amides is 1. The number of nitrogens with zero attached hydrogens (tertiary/aromatic N) is 2. The third-order valence-electron chi connectivity index (χ3n) is 1.39. The van der Waals surface area contributed by atoms with Gasteiger partial charge in [-0.25, -0.2) is 14.4 Å². The summed E-state index contributed by atoms with van der Waals surface area (Å²) in [7, 11) is 0. The van der Waals surface area contributed by atoms with Crippen molar-refractivity contribution in [1.29, 1.82) is 0 Å². The molecular weight excluding hydrogens is 208 g/mol. The lowest BCUT2D eigenvalue weighted by atomic mass is 10.4. The van der Waals surface area contributed by atoms with Crippen molar-refractivity contribution in [2.45, 2.75) is 13.1 Å². The first-order valence-electron chi connectivity index (χ1n) is 4.10. The van der Waals surface area contributed by atoms with E-state index in [-0.39, 0.29) is 12.5 Å².